The number of carbonyl (C=O) groups excluding carboxylic acids is 4. The molecule has 0 fully saturated rings. The zero-order valence-corrected chi connectivity index (χ0v) is 20.8. The van der Waals surface area contributed by atoms with E-state index < -0.39 is 24.4 Å². The average molecular weight is 556 g/mol. The third-order valence-electron chi connectivity index (χ3n) is 5.70. The minimum atomic E-state index is -0.769. The number of ether oxygens (including phenoxy) is 2. The van der Waals surface area contributed by atoms with E-state index in [1.807, 2.05) is 30.3 Å². The third kappa shape index (κ3) is 5.05. The van der Waals surface area contributed by atoms with Gasteiger partial charge in [0, 0.05) is 10.0 Å². The summed E-state index contributed by atoms with van der Waals surface area (Å²) in [6, 6.07) is 26.6. The molecule has 0 atom stereocenters. The molecule has 2 amide bonds. The molecule has 4 aromatic carbocycles. The molecule has 4 aromatic rings. The van der Waals surface area contributed by atoms with Crippen molar-refractivity contribution in [3.8, 4) is 11.5 Å². The second kappa shape index (κ2) is 10.2. The van der Waals surface area contributed by atoms with Gasteiger partial charge in [-0.3, -0.25) is 14.4 Å². The normalized spacial score (nSPS) is 12.3. The molecule has 0 N–H and O–H groups in total. The zero-order valence-electron chi connectivity index (χ0n) is 19.2. The number of rotatable bonds is 7. The van der Waals surface area contributed by atoms with E-state index in [1.165, 1.54) is 18.2 Å². The monoisotopic (exact) mass is 555 g/mol. The van der Waals surface area contributed by atoms with Crippen molar-refractivity contribution in [3.63, 3.8) is 0 Å². The van der Waals surface area contributed by atoms with Crippen molar-refractivity contribution in [2.45, 2.75) is 0 Å². The summed E-state index contributed by atoms with van der Waals surface area (Å²) < 4.78 is 11.7. The predicted molar refractivity (Wildman–Crippen MR) is 139 cm³/mol. The van der Waals surface area contributed by atoms with Crippen LogP contribution in [0.4, 0.5) is 5.69 Å². The van der Waals surface area contributed by atoms with Gasteiger partial charge in [0.05, 0.1) is 22.4 Å². The molecule has 0 aromatic heterocycles. The number of anilines is 1. The maximum absolute atomic E-state index is 13.1. The molecule has 0 radical (unpaired) electrons. The number of halogens is 1. The molecule has 0 unspecified atom stereocenters. The van der Waals surface area contributed by atoms with Crippen LogP contribution in [0.25, 0.3) is 0 Å². The topological polar surface area (TPSA) is 90.0 Å². The van der Waals surface area contributed by atoms with Crippen LogP contribution in [0.5, 0.6) is 11.5 Å². The Kier molecular flexibility index (Phi) is 6.66. The number of imide groups is 1. The highest BCUT2D eigenvalue weighted by Crippen LogP contribution is 2.31. The Morgan fingerprint density at radius 2 is 1.32 bits per heavy atom. The second-order valence-electron chi connectivity index (χ2n) is 8.12. The highest BCUT2D eigenvalue weighted by atomic mass is 79.9. The number of hydrogen-bond donors (Lipinski definition) is 0. The number of Topliss-reactive ketones (excluding diaryl/α,β-unsaturated/α-hetero) is 1. The van der Waals surface area contributed by atoms with Gasteiger partial charge in [-0.25, -0.2) is 9.69 Å². The lowest BCUT2D eigenvalue weighted by Crippen LogP contribution is -2.29. The number of carbonyl (C=O) groups is 4. The van der Waals surface area contributed by atoms with E-state index in [0.29, 0.717) is 22.7 Å². The number of amides is 2. The number of esters is 1. The molecule has 182 valence electrons. The minimum absolute atomic E-state index is 0.0666. The summed E-state index contributed by atoms with van der Waals surface area (Å²) in [5.74, 6) is -0.976. The van der Waals surface area contributed by atoms with Crippen LogP contribution >= 0.6 is 15.9 Å². The van der Waals surface area contributed by atoms with Gasteiger partial charge < -0.3 is 9.47 Å². The van der Waals surface area contributed by atoms with Gasteiger partial charge >= 0.3 is 5.97 Å². The number of fused-ring (bicyclic) bond motifs is 1. The minimum Gasteiger partial charge on any atom is -0.457 e. The number of benzene rings is 4. The van der Waals surface area contributed by atoms with Crippen molar-refractivity contribution < 1.29 is 28.7 Å². The lowest BCUT2D eigenvalue weighted by molar-refractivity contribution is 0.0474. The molecular formula is C29H18BrNO6. The Morgan fingerprint density at radius 3 is 2.03 bits per heavy atom. The first-order valence-electron chi connectivity index (χ1n) is 11.2. The summed E-state index contributed by atoms with van der Waals surface area (Å²) in [6.45, 7) is -0.450. The van der Waals surface area contributed by atoms with E-state index >= 15 is 0 Å². The number of hydrogen-bond acceptors (Lipinski definition) is 6. The van der Waals surface area contributed by atoms with Crippen LogP contribution < -0.4 is 9.64 Å². The number of nitrogens with zero attached hydrogens (tertiary/aromatic N) is 1. The molecule has 1 aliphatic heterocycles. The first-order chi connectivity index (χ1) is 17.9. The molecule has 0 aliphatic carbocycles. The van der Waals surface area contributed by atoms with Gasteiger partial charge in [-0.2, -0.15) is 0 Å². The van der Waals surface area contributed by atoms with E-state index in [0.717, 1.165) is 9.37 Å². The van der Waals surface area contributed by atoms with Gasteiger partial charge in [0.15, 0.2) is 12.4 Å². The molecule has 1 heterocycles. The molecule has 5 rings (SSSR count). The van der Waals surface area contributed by atoms with Crippen molar-refractivity contribution in [1.82, 2.24) is 0 Å². The summed E-state index contributed by atoms with van der Waals surface area (Å²) in [4.78, 5) is 52.0. The highest BCUT2D eigenvalue weighted by molar-refractivity contribution is 9.10. The van der Waals surface area contributed by atoms with E-state index in [1.54, 1.807) is 48.5 Å². The molecule has 0 saturated carbocycles. The molecule has 37 heavy (non-hydrogen) atoms. The predicted octanol–water partition coefficient (Wildman–Crippen LogP) is 6.08. The van der Waals surface area contributed by atoms with Crippen molar-refractivity contribution in [2.24, 2.45) is 0 Å². The Bertz CT molecular complexity index is 1510. The fourth-order valence-corrected chi connectivity index (χ4v) is 4.09. The van der Waals surface area contributed by atoms with Crippen LogP contribution in [-0.2, 0) is 4.74 Å². The standard InChI is InChI=1S/C29H18BrNO6/c30-20-9-6-18(7-10-20)26(32)17-36-29(35)19-8-15-24-25(16-19)28(34)31(27(24)33)21-11-13-23(14-12-21)37-22-4-2-1-3-5-22/h1-16H,17H2. The summed E-state index contributed by atoms with van der Waals surface area (Å²) in [5, 5.41) is 0. The molecule has 8 heteroatoms. The third-order valence-corrected chi connectivity index (χ3v) is 6.23. The second-order valence-corrected chi connectivity index (χ2v) is 9.04. The molecular weight excluding hydrogens is 538 g/mol. The molecule has 0 spiro atoms. The lowest BCUT2D eigenvalue weighted by atomic mass is 10.1. The highest BCUT2D eigenvalue weighted by Gasteiger charge is 2.37. The average Bonchev–Trinajstić information content (AvgIpc) is 3.17. The molecule has 0 bridgehead atoms. The van der Waals surface area contributed by atoms with Crippen LogP contribution in [0.15, 0.2) is 102 Å². The summed E-state index contributed by atoms with van der Waals surface area (Å²) in [6.07, 6.45) is 0. The van der Waals surface area contributed by atoms with Crippen LogP contribution in [-0.4, -0.2) is 30.2 Å². The lowest BCUT2D eigenvalue weighted by Gasteiger charge is -2.14. The number of ketones is 1. The Labute approximate surface area is 220 Å². The quantitative estimate of drug-likeness (QED) is 0.156. The van der Waals surface area contributed by atoms with Crippen LogP contribution in [0.1, 0.15) is 41.4 Å². The summed E-state index contributed by atoms with van der Waals surface area (Å²) >= 11 is 3.30. The summed E-state index contributed by atoms with van der Waals surface area (Å²) in [7, 11) is 0. The van der Waals surface area contributed by atoms with Gasteiger partial charge in [-0.1, -0.05) is 46.3 Å². The van der Waals surface area contributed by atoms with Gasteiger partial charge in [0.1, 0.15) is 11.5 Å². The van der Waals surface area contributed by atoms with Crippen LogP contribution in [0.2, 0.25) is 0 Å². The fraction of sp³-hybridized carbons (Fsp3) is 0.0345. The Balaban J connectivity index is 1.28. The Morgan fingerprint density at radius 1 is 0.703 bits per heavy atom. The number of para-hydroxylation sites is 1. The Hall–Kier alpha value is -4.56. The first-order valence-corrected chi connectivity index (χ1v) is 12.0. The van der Waals surface area contributed by atoms with Crippen molar-refractivity contribution in [3.05, 3.63) is 124 Å². The van der Waals surface area contributed by atoms with E-state index in [-0.39, 0.29) is 22.5 Å². The molecule has 0 saturated heterocycles. The van der Waals surface area contributed by atoms with Crippen LogP contribution in [0, 0.1) is 0 Å². The SMILES string of the molecule is O=C(COC(=O)c1ccc2c(c1)C(=O)N(c1ccc(Oc3ccccc3)cc1)C2=O)c1ccc(Br)cc1. The zero-order chi connectivity index (χ0) is 25.9. The maximum atomic E-state index is 13.1. The van der Waals surface area contributed by atoms with Crippen molar-refractivity contribution >= 4 is 45.2 Å². The van der Waals surface area contributed by atoms with Gasteiger partial charge in [-0.05, 0) is 66.7 Å². The van der Waals surface area contributed by atoms with E-state index in [9.17, 15) is 19.2 Å². The van der Waals surface area contributed by atoms with Gasteiger partial charge in [-0.15, -0.1) is 0 Å². The fourth-order valence-electron chi connectivity index (χ4n) is 3.82. The van der Waals surface area contributed by atoms with Crippen LogP contribution in [0.3, 0.4) is 0 Å². The van der Waals surface area contributed by atoms with E-state index in [4.69, 9.17) is 9.47 Å². The van der Waals surface area contributed by atoms with Crippen molar-refractivity contribution in [1.29, 1.82) is 0 Å². The largest absolute Gasteiger partial charge is 0.457 e. The van der Waals surface area contributed by atoms with Crippen molar-refractivity contribution in [2.75, 3.05) is 11.5 Å². The molecule has 1 aliphatic rings. The summed E-state index contributed by atoms with van der Waals surface area (Å²) in [5.41, 5.74) is 1.11. The maximum Gasteiger partial charge on any atom is 0.338 e. The van der Waals surface area contributed by atoms with Gasteiger partial charge in [0.25, 0.3) is 11.8 Å². The van der Waals surface area contributed by atoms with E-state index in [2.05, 4.69) is 15.9 Å². The smallest absolute Gasteiger partial charge is 0.338 e. The molecule has 7 nitrogen and oxygen atoms in total. The first kappa shape index (κ1) is 24.1. The van der Waals surface area contributed by atoms with Gasteiger partial charge in [0.2, 0.25) is 0 Å².